The van der Waals surface area contributed by atoms with Gasteiger partial charge in [0.2, 0.25) is 5.13 Å². The second-order valence-electron chi connectivity index (χ2n) is 7.66. The van der Waals surface area contributed by atoms with Crippen molar-refractivity contribution < 1.29 is 23.8 Å². The fourth-order valence-electron chi connectivity index (χ4n) is 4.71. The van der Waals surface area contributed by atoms with E-state index >= 15 is 0 Å². The van der Waals surface area contributed by atoms with Gasteiger partial charge in [-0.2, -0.15) is 0 Å². The molecule has 1 aromatic carbocycles. The molecule has 1 aliphatic carbocycles. The molecule has 162 valence electrons. The number of fused-ring (bicyclic) bond motifs is 1. The number of Topliss-reactive ketones (excluding diaryl/α,β-unsaturated/α-hetero) is 1. The summed E-state index contributed by atoms with van der Waals surface area (Å²) in [4.78, 5) is 28.7. The molecular formula is C21H20ClN3O5S. The summed E-state index contributed by atoms with van der Waals surface area (Å²) in [5.74, 6) is 0.146. The highest BCUT2D eigenvalue weighted by Gasteiger charge is 2.54. The standard InChI is InChI=1S/C21H20ClN3O5S/c1-28-14-5-3-4-11(18(14)29-2)16-15-17(26)12-8-10(22)6-7-13(12)30-19(15)20(27)25(16)21-24-23-9-31-21/h3-5,9-10,12-13,16H,6-8H2,1-2H3. The molecule has 2 aromatic rings. The molecule has 5 rings (SSSR count). The van der Waals surface area contributed by atoms with E-state index in [9.17, 15) is 9.59 Å². The van der Waals surface area contributed by atoms with Gasteiger partial charge in [0.25, 0.3) is 5.91 Å². The highest BCUT2D eigenvalue weighted by Crippen LogP contribution is 2.51. The van der Waals surface area contributed by atoms with E-state index in [2.05, 4.69) is 10.2 Å². The lowest BCUT2D eigenvalue weighted by Crippen LogP contribution is -2.41. The minimum atomic E-state index is -0.760. The van der Waals surface area contributed by atoms with Crippen molar-refractivity contribution in [2.24, 2.45) is 5.92 Å². The van der Waals surface area contributed by atoms with Crippen LogP contribution < -0.4 is 14.4 Å². The van der Waals surface area contributed by atoms with E-state index in [4.69, 9.17) is 25.8 Å². The number of rotatable bonds is 4. The zero-order chi connectivity index (χ0) is 21.7. The Bertz CT molecular complexity index is 1070. The van der Waals surface area contributed by atoms with Crippen LogP contribution in [0.1, 0.15) is 30.9 Å². The van der Waals surface area contributed by atoms with Crippen LogP contribution in [0.25, 0.3) is 0 Å². The van der Waals surface area contributed by atoms with Gasteiger partial charge in [-0.15, -0.1) is 21.8 Å². The first-order valence-electron chi connectivity index (χ1n) is 9.94. The van der Waals surface area contributed by atoms with Crippen LogP contribution in [-0.4, -0.2) is 47.6 Å². The van der Waals surface area contributed by atoms with E-state index in [1.165, 1.54) is 30.5 Å². The van der Waals surface area contributed by atoms with Gasteiger partial charge in [-0.25, -0.2) is 0 Å². The average Bonchev–Trinajstić information content (AvgIpc) is 3.40. The summed E-state index contributed by atoms with van der Waals surface area (Å²) in [6, 6.07) is 4.61. The number of alkyl halides is 1. The number of methoxy groups -OCH3 is 2. The van der Waals surface area contributed by atoms with Crippen molar-refractivity contribution >= 4 is 39.8 Å². The molecule has 4 unspecified atom stereocenters. The van der Waals surface area contributed by atoms with Gasteiger partial charge >= 0.3 is 0 Å². The summed E-state index contributed by atoms with van der Waals surface area (Å²) in [5.41, 5.74) is 2.48. The van der Waals surface area contributed by atoms with Gasteiger partial charge in [-0.1, -0.05) is 23.5 Å². The van der Waals surface area contributed by atoms with E-state index < -0.39 is 11.9 Å². The monoisotopic (exact) mass is 461 g/mol. The smallest absolute Gasteiger partial charge is 0.296 e. The Kier molecular flexibility index (Phi) is 5.10. The zero-order valence-electron chi connectivity index (χ0n) is 16.9. The number of benzene rings is 1. The van der Waals surface area contributed by atoms with Gasteiger partial charge in [0, 0.05) is 10.9 Å². The number of para-hydroxylation sites is 1. The zero-order valence-corrected chi connectivity index (χ0v) is 18.5. The van der Waals surface area contributed by atoms with Crippen molar-refractivity contribution in [3.63, 3.8) is 0 Å². The molecule has 10 heteroatoms. The third kappa shape index (κ3) is 3.10. The second-order valence-corrected chi connectivity index (χ2v) is 9.09. The van der Waals surface area contributed by atoms with Crippen LogP contribution in [0.15, 0.2) is 35.0 Å². The number of ether oxygens (including phenoxy) is 3. The Hall–Kier alpha value is -2.65. The van der Waals surface area contributed by atoms with Crippen molar-refractivity contribution in [3.8, 4) is 11.5 Å². The van der Waals surface area contributed by atoms with Crippen molar-refractivity contribution in [2.45, 2.75) is 36.8 Å². The molecule has 1 aromatic heterocycles. The molecule has 8 nitrogen and oxygen atoms in total. The molecule has 2 aliphatic heterocycles. The average molecular weight is 462 g/mol. The highest BCUT2D eigenvalue weighted by molar-refractivity contribution is 7.13. The fraction of sp³-hybridized carbons (Fsp3) is 0.429. The van der Waals surface area contributed by atoms with Crippen LogP contribution in [0.5, 0.6) is 11.5 Å². The molecule has 4 atom stereocenters. The van der Waals surface area contributed by atoms with E-state index in [-0.39, 0.29) is 28.9 Å². The summed E-state index contributed by atoms with van der Waals surface area (Å²) in [5, 5.41) is 8.27. The Morgan fingerprint density at radius 2 is 2.06 bits per heavy atom. The molecule has 0 bridgehead atoms. The predicted octanol–water partition coefficient (Wildman–Crippen LogP) is 3.27. The SMILES string of the molecule is COc1cccc(C2C3=C(OC4CCC(Cl)CC4C3=O)C(=O)N2c2nncs2)c1OC. The Balaban J connectivity index is 1.69. The molecule has 1 amide bonds. The van der Waals surface area contributed by atoms with Crippen LogP contribution in [0.2, 0.25) is 0 Å². The van der Waals surface area contributed by atoms with Crippen LogP contribution in [0.3, 0.4) is 0 Å². The third-order valence-electron chi connectivity index (χ3n) is 6.07. The molecule has 1 fully saturated rings. The van der Waals surface area contributed by atoms with Gasteiger partial charge in [0.1, 0.15) is 17.7 Å². The molecule has 1 saturated carbocycles. The molecule has 0 spiro atoms. The normalized spacial score (nSPS) is 27.6. The topological polar surface area (TPSA) is 90.9 Å². The first-order valence-corrected chi connectivity index (χ1v) is 11.3. The maximum atomic E-state index is 13.7. The first-order chi connectivity index (χ1) is 15.0. The number of carbonyl (C=O) groups is 2. The lowest BCUT2D eigenvalue weighted by Gasteiger charge is -2.37. The number of carbonyl (C=O) groups excluding carboxylic acids is 2. The number of amides is 1. The summed E-state index contributed by atoms with van der Waals surface area (Å²) in [7, 11) is 3.06. The third-order valence-corrected chi connectivity index (χ3v) is 7.15. The Labute approximate surface area is 187 Å². The second kappa shape index (κ2) is 7.80. The lowest BCUT2D eigenvalue weighted by atomic mass is 9.77. The van der Waals surface area contributed by atoms with Crippen molar-refractivity contribution in [1.29, 1.82) is 0 Å². The molecule has 0 saturated heterocycles. The lowest BCUT2D eigenvalue weighted by molar-refractivity contribution is -0.131. The summed E-state index contributed by atoms with van der Waals surface area (Å²) < 4.78 is 17.2. The molecule has 0 radical (unpaired) electrons. The predicted molar refractivity (Wildman–Crippen MR) is 114 cm³/mol. The minimum absolute atomic E-state index is 0.0860. The Morgan fingerprint density at radius 3 is 2.77 bits per heavy atom. The van der Waals surface area contributed by atoms with Gasteiger partial charge in [0.05, 0.1) is 25.7 Å². The summed E-state index contributed by atoms with van der Waals surface area (Å²) in [6.45, 7) is 0. The maximum Gasteiger partial charge on any atom is 0.296 e. The maximum absolute atomic E-state index is 13.7. The van der Waals surface area contributed by atoms with Gasteiger partial charge in [-0.05, 0) is 25.3 Å². The van der Waals surface area contributed by atoms with Crippen molar-refractivity contribution in [1.82, 2.24) is 10.2 Å². The number of ketones is 1. The van der Waals surface area contributed by atoms with E-state index in [1.807, 2.05) is 6.07 Å². The molecule has 3 heterocycles. The van der Waals surface area contributed by atoms with Crippen LogP contribution >= 0.6 is 22.9 Å². The molecule has 0 N–H and O–H groups in total. The molecule has 31 heavy (non-hydrogen) atoms. The fourth-order valence-corrected chi connectivity index (χ4v) is 5.61. The van der Waals surface area contributed by atoms with Gasteiger partial charge in [0.15, 0.2) is 23.0 Å². The quantitative estimate of drug-likeness (QED) is 0.645. The van der Waals surface area contributed by atoms with Gasteiger partial charge in [-0.3, -0.25) is 14.5 Å². The number of hydrogen-bond donors (Lipinski definition) is 0. The van der Waals surface area contributed by atoms with Crippen molar-refractivity contribution in [3.05, 3.63) is 40.6 Å². The minimum Gasteiger partial charge on any atom is -0.493 e. The van der Waals surface area contributed by atoms with Crippen LogP contribution in [0, 0.1) is 5.92 Å². The number of anilines is 1. The first kappa shape index (κ1) is 20.3. The number of nitrogens with zero attached hydrogens (tertiary/aromatic N) is 3. The summed E-state index contributed by atoms with van der Waals surface area (Å²) in [6.07, 6.45) is 1.57. The largest absolute Gasteiger partial charge is 0.493 e. The van der Waals surface area contributed by atoms with Crippen molar-refractivity contribution in [2.75, 3.05) is 19.1 Å². The van der Waals surface area contributed by atoms with E-state index in [1.54, 1.807) is 17.6 Å². The summed E-state index contributed by atoms with van der Waals surface area (Å²) >= 11 is 7.58. The van der Waals surface area contributed by atoms with E-state index in [0.29, 0.717) is 40.6 Å². The molecular weight excluding hydrogens is 442 g/mol. The number of hydrogen-bond acceptors (Lipinski definition) is 8. The Morgan fingerprint density at radius 1 is 1.23 bits per heavy atom. The van der Waals surface area contributed by atoms with Gasteiger partial charge < -0.3 is 14.2 Å². The highest BCUT2D eigenvalue weighted by atomic mass is 35.5. The number of halogens is 1. The molecule has 3 aliphatic rings. The van der Waals surface area contributed by atoms with Crippen LogP contribution in [0.4, 0.5) is 5.13 Å². The number of aromatic nitrogens is 2. The van der Waals surface area contributed by atoms with E-state index in [0.717, 1.165) is 6.42 Å². The van der Waals surface area contributed by atoms with Crippen LogP contribution in [-0.2, 0) is 14.3 Å².